The van der Waals surface area contributed by atoms with Gasteiger partial charge in [-0.3, -0.25) is 23.3 Å². The first-order valence-electron chi connectivity index (χ1n) is 7.84. The summed E-state index contributed by atoms with van der Waals surface area (Å²) < 4.78 is 3.77. The minimum Gasteiger partial charge on any atom is -0.291 e. The molecule has 0 amide bonds. The molecule has 8 heteroatoms. The highest BCUT2D eigenvalue weighted by Crippen LogP contribution is 2.21. The van der Waals surface area contributed by atoms with Crippen molar-refractivity contribution < 1.29 is 0 Å². The van der Waals surface area contributed by atoms with Crippen LogP contribution in [0, 0.1) is 0 Å². The summed E-state index contributed by atoms with van der Waals surface area (Å²) in [6, 6.07) is 7.11. The zero-order chi connectivity index (χ0) is 17.9. The molecule has 0 saturated heterocycles. The summed E-state index contributed by atoms with van der Waals surface area (Å²) >= 11 is 0. The van der Waals surface area contributed by atoms with Gasteiger partial charge in [0, 0.05) is 31.4 Å². The standard InChI is InChI=1S/C17H15N5O3/c1-4-22-14-11(9-7-5-6-8-10(9)15(22)23)18-12-13(19-14)20(2)17(25)21(3)16(12)24/h5-8H,4H2,1-3H3. The minimum absolute atomic E-state index is 0.101. The lowest BCUT2D eigenvalue weighted by Crippen LogP contribution is -2.38. The number of aromatic nitrogens is 5. The van der Waals surface area contributed by atoms with E-state index in [4.69, 9.17) is 0 Å². The van der Waals surface area contributed by atoms with E-state index in [1.165, 1.54) is 23.2 Å². The molecule has 8 nitrogen and oxygen atoms in total. The van der Waals surface area contributed by atoms with Crippen molar-refractivity contribution in [2.24, 2.45) is 14.1 Å². The summed E-state index contributed by atoms with van der Waals surface area (Å²) in [4.78, 5) is 46.4. The van der Waals surface area contributed by atoms with Crippen molar-refractivity contribution >= 4 is 33.1 Å². The van der Waals surface area contributed by atoms with Gasteiger partial charge in [0.2, 0.25) is 0 Å². The first kappa shape index (κ1) is 15.3. The Bertz CT molecular complexity index is 1360. The second kappa shape index (κ2) is 5.10. The number of hydrogen-bond donors (Lipinski definition) is 0. The van der Waals surface area contributed by atoms with Gasteiger partial charge >= 0.3 is 5.69 Å². The van der Waals surface area contributed by atoms with E-state index >= 15 is 0 Å². The van der Waals surface area contributed by atoms with Gasteiger partial charge in [-0.1, -0.05) is 18.2 Å². The molecule has 0 N–H and O–H groups in total. The normalized spacial score (nSPS) is 11.6. The van der Waals surface area contributed by atoms with Crippen LogP contribution in [0.4, 0.5) is 0 Å². The molecule has 0 radical (unpaired) electrons. The van der Waals surface area contributed by atoms with Crippen LogP contribution in [0.2, 0.25) is 0 Å². The second-order valence-corrected chi connectivity index (χ2v) is 5.87. The Morgan fingerprint density at radius 3 is 2.20 bits per heavy atom. The van der Waals surface area contributed by atoms with E-state index in [0.717, 1.165) is 4.57 Å². The molecule has 0 fully saturated rings. The molecule has 0 unspecified atom stereocenters. The summed E-state index contributed by atoms with van der Waals surface area (Å²) in [5.74, 6) is 0. The molecule has 0 atom stereocenters. The van der Waals surface area contributed by atoms with Crippen LogP contribution in [0.3, 0.4) is 0 Å². The molecule has 0 aliphatic rings. The third-order valence-corrected chi connectivity index (χ3v) is 4.49. The second-order valence-electron chi connectivity index (χ2n) is 5.87. The Kier molecular flexibility index (Phi) is 3.11. The lowest BCUT2D eigenvalue weighted by atomic mass is 10.1. The highest BCUT2D eigenvalue weighted by atomic mass is 16.2. The third kappa shape index (κ3) is 1.90. The molecule has 0 aliphatic heterocycles. The Morgan fingerprint density at radius 1 is 0.840 bits per heavy atom. The summed E-state index contributed by atoms with van der Waals surface area (Å²) in [5.41, 5.74) is -0.0699. The Labute approximate surface area is 140 Å². The zero-order valence-corrected chi connectivity index (χ0v) is 14.0. The monoisotopic (exact) mass is 337 g/mol. The van der Waals surface area contributed by atoms with Gasteiger partial charge in [-0.2, -0.15) is 0 Å². The third-order valence-electron chi connectivity index (χ3n) is 4.49. The summed E-state index contributed by atoms with van der Waals surface area (Å²) in [7, 11) is 2.93. The van der Waals surface area contributed by atoms with Gasteiger partial charge in [0.05, 0.1) is 0 Å². The highest BCUT2D eigenvalue weighted by Gasteiger charge is 2.17. The molecule has 4 rings (SSSR count). The van der Waals surface area contributed by atoms with E-state index in [2.05, 4.69) is 9.97 Å². The van der Waals surface area contributed by atoms with Crippen LogP contribution in [0.15, 0.2) is 38.6 Å². The summed E-state index contributed by atoms with van der Waals surface area (Å²) in [5, 5.41) is 1.16. The fraction of sp³-hybridized carbons (Fsp3) is 0.235. The number of pyridine rings is 1. The molecule has 0 aliphatic carbocycles. The molecular formula is C17H15N5O3. The maximum absolute atomic E-state index is 12.7. The molecule has 3 aromatic heterocycles. The van der Waals surface area contributed by atoms with Crippen molar-refractivity contribution in [3.05, 3.63) is 55.5 Å². The maximum atomic E-state index is 12.7. The van der Waals surface area contributed by atoms with Crippen LogP contribution in [0.1, 0.15) is 6.92 Å². The van der Waals surface area contributed by atoms with Crippen LogP contribution in [-0.4, -0.2) is 23.7 Å². The van der Waals surface area contributed by atoms with Gasteiger partial charge in [0.15, 0.2) is 16.8 Å². The van der Waals surface area contributed by atoms with Crippen molar-refractivity contribution in [2.75, 3.05) is 0 Å². The molecular weight excluding hydrogens is 322 g/mol. The molecule has 3 heterocycles. The van der Waals surface area contributed by atoms with E-state index in [-0.39, 0.29) is 16.7 Å². The van der Waals surface area contributed by atoms with Gasteiger partial charge in [-0.25, -0.2) is 14.8 Å². The van der Waals surface area contributed by atoms with Gasteiger partial charge < -0.3 is 0 Å². The Hall–Kier alpha value is -3.29. The number of aryl methyl sites for hydroxylation is 2. The van der Waals surface area contributed by atoms with Crippen molar-refractivity contribution in [1.29, 1.82) is 0 Å². The minimum atomic E-state index is -0.508. The molecule has 4 aromatic rings. The predicted octanol–water partition coefficient (Wildman–Crippen LogP) is 0.515. The first-order valence-corrected chi connectivity index (χ1v) is 7.84. The lowest BCUT2D eigenvalue weighted by molar-refractivity contribution is 0.702. The summed E-state index contributed by atoms with van der Waals surface area (Å²) in [6.45, 7) is 2.24. The van der Waals surface area contributed by atoms with Gasteiger partial charge in [-0.15, -0.1) is 0 Å². The van der Waals surface area contributed by atoms with Crippen LogP contribution in [0.25, 0.3) is 33.1 Å². The number of nitrogens with zero attached hydrogens (tertiary/aromatic N) is 5. The SMILES string of the molecule is CCn1c(=O)c2ccccc2c2nc3c(=O)n(C)c(=O)n(C)c3nc21. The average molecular weight is 337 g/mol. The zero-order valence-electron chi connectivity index (χ0n) is 14.0. The molecule has 1 aromatic carbocycles. The number of rotatable bonds is 1. The van der Waals surface area contributed by atoms with E-state index in [1.54, 1.807) is 18.2 Å². The van der Waals surface area contributed by atoms with Crippen molar-refractivity contribution in [3.8, 4) is 0 Å². The van der Waals surface area contributed by atoms with Crippen LogP contribution >= 0.6 is 0 Å². The van der Waals surface area contributed by atoms with Gasteiger partial charge in [0.1, 0.15) is 5.52 Å². The van der Waals surface area contributed by atoms with Crippen molar-refractivity contribution in [1.82, 2.24) is 23.7 Å². The molecule has 0 spiro atoms. The van der Waals surface area contributed by atoms with E-state index in [0.29, 0.717) is 28.5 Å². The van der Waals surface area contributed by atoms with Gasteiger partial charge in [-0.05, 0) is 13.0 Å². The van der Waals surface area contributed by atoms with Crippen LogP contribution < -0.4 is 16.8 Å². The van der Waals surface area contributed by atoms with Crippen LogP contribution in [-0.2, 0) is 20.6 Å². The fourth-order valence-electron chi connectivity index (χ4n) is 3.14. The molecule has 126 valence electrons. The van der Waals surface area contributed by atoms with E-state index < -0.39 is 11.2 Å². The van der Waals surface area contributed by atoms with Crippen LogP contribution in [0.5, 0.6) is 0 Å². The average Bonchev–Trinajstić information content (AvgIpc) is 2.64. The number of hydrogen-bond acceptors (Lipinski definition) is 5. The summed E-state index contributed by atoms with van der Waals surface area (Å²) in [6.07, 6.45) is 0. The Morgan fingerprint density at radius 2 is 1.52 bits per heavy atom. The van der Waals surface area contributed by atoms with E-state index in [1.807, 2.05) is 13.0 Å². The first-order chi connectivity index (χ1) is 12.0. The smallest absolute Gasteiger partial charge is 0.291 e. The molecule has 0 saturated carbocycles. The highest BCUT2D eigenvalue weighted by molar-refractivity contribution is 6.03. The number of benzene rings is 1. The predicted molar refractivity (Wildman–Crippen MR) is 95.0 cm³/mol. The largest absolute Gasteiger partial charge is 0.332 e. The lowest BCUT2D eigenvalue weighted by Gasteiger charge is -2.12. The van der Waals surface area contributed by atoms with Crippen molar-refractivity contribution in [2.45, 2.75) is 13.5 Å². The van der Waals surface area contributed by atoms with Crippen molar-refractivity contribution in [3.63, 3.8) is 0 Å². The van der Waals surface area contributed by atoms with Gasteiger partial charge in [0.25, 0.3) is 11.1 Å². The fourth-order valence-corrected chi connectivity index (χ4v) is 3.14. The quantitative estimate of drug-likeness (QED) is 0.373. The molecule has 25 heavy (non-hydrogen) atoms. The van der Waals surface area contributed by atoms with E-state index in [9.17, 15) is 14.4 Å². The molecule has 0 bridgehead atoms. The maximum Gasteiger partial charge on any atom is 0.332 e. The Balaban J connectivity index is 2.41. The topological polar surface area (TPSA) is 91.8 Å². The number of fused-ring (bicyclic) bond motifs is 4.